The van der Waals surface area contributed by atoms with E-state index in [1.165, 1.54) is 12.4 Å². The Morgan fingerprint density at radius 2 is 1.76 bits per heavy atom. The fourth-order valence-corrected chi connectivity index (χ4v) is 3.85. The highest BCUT2D eigenvalue weighted by molar-refractivity contribution is 6.18. The van der Waals surface area contributed by atoms with Gasteiger partial charge >= 0.3 is 6.03 Å². The first-order valence-electron chi connectivity index (χ1n) is 10.7. The highest BCUT2D eigenvalue weighted by Gasteiger charge is 2.26. The largest absolute Gasteiger partial charge is 0.383 e. The summed E-state index contributed by atoms with van der Waals surface area (Å²) in [5.41, 5.74) is 7.68. The Hall–Kier alpha value is -4.34. The molecule has 1 aliphatic carbocycles. The summed E-state index contributed by atoms with van der Waals surface area (Å²) in [6.07, 6.45) is 5.41. The number of urea groups is 1. The number of ketones is 1. The highest BCUT2D eigenvalue weighted by atomic mass is 19.1. The van der Waals surface area contributed by atoms with Gasteiger partial charge < -0.3 is 20.9 Å². The number of benzene rings is 2. The molecule has 2 aromatic carbocycles. The molecular weight excluding hydrogens is 442 g/mol. The Kier molecular flexibility index (Phi) is 5.40. The second-order valence-electron chi connectivity index (χ2n) is 8.24. The Morgan fingerprint density at radius 1 is 1.03 bits per heavy atom. The number of nitrogens with zero attached hydrogens (tertiary/aromatic N) is 3. The van der Waals surface area contributed by atoms with Crippen molar-refractivity contribution < 1.29 is 18.4 Å². The lowest BCUT2D eigenvalue weighted by Crippen LogP contribution is -2.19. The number of nitrogens with two attached hydrogens (primary N) is 1. The lowest BCUT2D eigenvalue weighted by molar-refractivity contribution is 0.104. The van der Waals surface area contributed by atoms with E-state index in [-0.39, 0.29) is 17.3 Å². The molecule has 1 saturated carbocycles. The van der Waals surface area contributed by atoms with Crippen LogP contribution >= 0.6 is 0 Å². The van der Waals surface area contributed by atoms with Crippen LogP contribution in [0.3, 0.4) is 0 Å². The molecule has 0 atom stereocenters. The first-order valence-corrected chi connectivity index (χ1v) is 10.7. The third kappa shape index (κ3) is 4.42. The van der Waals surface area contributed by atoms with E-state index in [4.69, 9.17) is 5.73 Å². The van der Waals surface area contributed by atoms with E-state index in [0.717, 1.165) is 31.5 Å². The molecule has 4 aromatic rings. The van der Waals surface area contributed by atoms with Crippen LogP contribution < -0.4 is 16.4 Å². The van der Waals surface area contributed by atoms with Gasteiger partial charge in [-0.15, -0.1) is 0 Å². The van der Waals surface area contributed by atoms with E-state index in [9.17, 15) is 18.4 Å². The van der Waals surface area contributed by atoms with Crippen LogP contribution in [0.5, 0.6) is 0 Å². The molecule has 2 heterocycles. The number of fused-ring (bicyclic) bond motifs is 1. The number of carbonyl (C=O) groups is 2. The normalized spacial score (nSPS) is 13.1. The average Bonchev–Trinajstić information content (AvgIpc) is 3.52. The molecule has 0 aliphatic heterocycles. The number of carbonyl (C=O) groups excluding carboxylic acids is 2. The lowest BCUT2D eigenvalue weighted by atomic mass is 10.0. The molecule has 0 spiro atoms. The van der Waals surface area contributed by atoms with Gasteiger partial charge in [-0.1, -0.05) is 12.1 Å². The zero-order valence-corrected chi connectivity index (χ0v) is 17.9. The van der Waals surface area contributed by atoms with Crippen molar-refractivity contribution in [1.82, 2.24) is 14.5 Å². The van der Waals surface area contributed by atoms with Gasteiger partial charge in [-0.2, -0.15) is 0 Å². The monoisotopic (exact) mass is 462 g/mol. The van der Waals surface area contributed by atoms with Gasteiger partial charge in [-0.3, -0.25) is 4.79 Å². The molecule has 0 bridgehead atoms. The number of hydrogen-bond donors (Lipinski definition) is 3. The summed E-state index contributed by atoms with van der Waals surface area (Å²) in [5, 5.41) is 5.42. The van der Waals surface area contributed by atoms with Gasteiger partial charge in [0.05, 0.1) is 10.9 Å². The number of nitrogen functional groups attached to an aromatic ring is 1. The van der Waals surface area contributed by atoms with Crippen molar-refractivity contribution in [1.29, 1.82) is 0 Å². The summed E-state index contributed by atoms with van der Waals surface area (Å²) >= 11 is 0. The predicted octanol–water partition coefficient (Wildman–Crippen LogP) is 4.58. The molecule has 0 unspecified atom stereocenters. The van der Waals surface area contributed by atoms with E-state index >= 15 is 0 Å². The fourth-order valence-electron chi connectivity index (χ4n) is 3.85. The Morgan fingerprint density at radius 3 is 2.50 bits per heavy atom. The van der Waals surface area contributed by atoms with Crippen molar-refractivity contribution in [2.45, 2.75) is 19.4 Å². The van der Waals surface area contributed by atoms with E-state index < -0.39 is 17.7 Å². The minimum atomic E-state index is -0.813. The molecule has 0 radical (unpaired) electrons. The van der Waals surface area contributed by atoms with Gasteiger partial charge in [0, 0.05) is 35.7 Å². The van der Waals surface area contributed by atoms with Crippen molar-refractivity contribution in [3.63, 3.8) is 0 Å². The van der Waals surface area contributed by atoms with Crippen LogP contribution in [0.15, 0.2) is 55.0 Å². The second-order valence-corrected chi connectivity index (χ2v) is 8.24. The van der Waals surface area contributed by atoms with Gasteiger partial charge in [0.25, 0.3) is 0 Å². The molecule has 1 aliphatic rings. The molecule has 10 heteroatoms. The Labute approximate surface area is 192 Å². The maximum Gasteiger partial charge on any atom is 0.323 e. The molecule has 0 saturated heterocycles. The number of rotatable bonds is 6. The number of amides is 2. The maximum atomic E-state index is 13.4. The third-order valence-corrected chi connectivity index (χ3v) is 5.58. The molecule has 2 aromatic heterocycles. The molecule has 8 nitrogen and oxygen atoms in total. The summed E-state index contributed by atoms with van der Waals surface area (Å²) in [5.74, 6) is -1.14. The summed E-state index contributed by atoms with van der Waals surface area (Å²) in [7, 11) is 0. The first-order chi connectivity index (χ1) is 16.4. The SMILES string of the molecule is Nc1ncnc2c1c(C(=O)c1cccc(NC(=O)Nc3cc(F)cc(F)c3)c1)cn2CC1CC1. The average molecular weight is 462 g/mol. The molecule has 4 N–H and O–H groups in total. The van der Waals surface area contributed by atoms with Crippen molar-refractivity contribution in [3.8, 4) is 0 Å². The van der Waals surface area contributed by atoms with Crippen LogP contribution in [0.4, 0.5) is 30.8 Å². The summed E-state index contributed by atoms with van der Waals surface area (Å²) in [6.45, 7) is 0.753. The third-order valence-electron chi connectivity index (χ3n) is 5.58. The van der Waals surface area contributed by atoms with Gasteiger partial charge in [-0.05, 0) is 43.0 Å². The standard InChI is InChI=1S/C24H20F2N6O2/c25-15-7-16(26)9-18(8-15)31-24(34)30-17-3-1-2-14(6-17)21(33)19-11-32(10-13-4-5-13)23-20(19)22(27)28-12-29-23/h1-3,6-9,11-13H,4-5,10H2,(H2,27,28,29)(H2,30,31,34). The molecule has 1 fully saturated rings. The van der Waals surface area contributed by atoms with Crippen molar-refractivity contribution in [2.24, 2.45) is 5.92 Å². The molecule has 34 heavy (non-hydrogen) atoms. The zero-order valence-electron chi connectivity index (χ0n) is 17.9. The zero-order chi connectivity index (χ0) is 23.8. The van der Waals surface area contributed by atoms with E-state index in [1.807, 2.05) is 4.57 Å². The quantitative estimate of drug-likeness (QED) is 0.363. The van der Waals surface area contributed by atoms with E-state index in [2.05, 4.69) is 20.6 Å². The topological polar surface area (TPSA) is 115 Å². The smallest absolute Gasteiger partial charge is 0.323 e. The van der Waals surface area contributed by atoms with Crippen LogP contribution in [-0.4, -0.2) is 26.3 Å². The number of aromatic nitrogens is 3. The van der Waals surface area contributed by atoms with E-state index in [1.54, 1.807) is 24.4 Å². The Balaban J connectivity index is 1.39. The summed E-state index contributed by atoms with van der Waals surface area (Å²) in [4.78, 5) is 34.1. The summed E-state index contributed by atoms with van der Waals surface area (Å²) < 4.78 is 28.6. The van der Waals surface area contributed by atoms with Crippen molar-refractivity contribution in [2.75, 3.05) is 16.4 Å². The van der Waals surface area contributed by atoms with Crippen LogP contribution in [0, 0.1) is 17.6 Å². The first kappa shape index (κ1) is 21.5. The Bertz CT molecular complexity index is 1410. The molecule has 2 amide bonds. The lowest BCUT2D eigenvalue weighted by Gasteiger charge is -2.09. The van der Waals surface area contributed by atoms with Gasteiger partial charge in [0.2, 0.25) is 0 Å². The second kappa shape index (κ2) is 8.54. The van der Waals surface area contributed by atoms with Crippen LogP contribution in [0.25, 0.3) is 11.0 Å². The fraction of sp³-hybridized carbons (Fsp3) is 0.167. The number of hydrogen-bond acceptors (Lipinski definition) is 5. The van der Waals surface area contributed by atoms with Crippen molar-refractivity contribution in [3.05, 3.63) is 77.8 Å². The van der Waals surface area contributed by atoms with Gasteiger partial charge in [0.15, 0.2) is 5.78 Å². The molecular formula is C24H20F2N6O2. The highest BCUT2D eigenvalue weighted by Crippen LogP contribution is 2.34. The minimum absolute atomic E-state index is 0.0406. The molecule has 5 rings (SSSR count). The van der Waals surface area contributed by atoms with E-state index in [0.29, 0.717) is 39.8 Å². The van der Waals surface area contributed by atoms with Crippen LogP contribution in [-0.2, 0) is 6.54 Å². The number of halogens is 2. The number of anilines is 3. The van der Waals surface area contributed by atoms with Gasteiger partial charge in [-0.25, -0.2) is 23.5 Å². The number of nitrogens with one attached hydrogen (secondary N) is 2. The maximum absolute atomic E-state index is 13.4. The van der Waals surface area contributed by atoms with Crippen LogP contribution in [0.2, 0.25) is 0 Å². The van der Waals surface area contributed by atoms with Gasteiger partial charge in [0.1, 0.15) is 29.4 Å². The van der Waals surface area contributed by atoms with Crippen molar-refractivity contribution >= 4 is 40.0 Å². The molecule has 172 valence electrons. The van der Waals surface area contributed by atoms with Crippen LogP contribution in [0.1, 0.15) is 28.8 Å². The predicted molar refractivity (Wildman–Crippen MR) is 124 cm³/mol. The minimum Gasteiger partial charge on any atom is -0.383 e. The summed E-state index contributed by atoms with van der Waals surface area (Å²) in [6, 6.07) is 8.32.